The van der Waals surface area contributed by atoms with E-state index in [0.717, 1.165) is 19.5 Å². The number of rotatable bonds is 2. The maximum atomic E-state index is 8.91. The Labute approximate surface area is 102 Å². The van der Waals surface area contributed by atoms with E-state index in [-0.39, 0.29) is 13.2 Å². The van der Waals surface area contributed by atoms with Gasteiger partial charge in [0.1, 0.15) is 0 Å². The van der Waals surface area contributed by atoms with Crippen LogP contribution in [0.25, 0.3) is 0 Å². The fourth-order valence-electron chi connectivity index (χ4n) is 1.18. The first-order valence-electron chi connectivity index (χ1n) is 4.73. The van der Waals surface area contributed by atoms with Gasteiger partial charge < -0.3 is 10.2 Å². The molecule has 16 heavy (non-hydrogen) atoms. The van der Waals surface area contributed by atoms with Crippen LogP contribution in [0.15, 0.2) is 24.3 Å². The molecule has 0 saturated heterocycles. The minimum atomic E-state index is 0.0695. The topological polar surface area (TPSA) is 40.5 Å². The summed E-state index contributed by atoms with van der Waals surface area (Å²) < 4.78 is 0. The van der Waals surface area contributed by atoms with Gasteiger partial charge >= 0.3 is 0 Å². The number of hydrogen-bond acceptors (Lipinski definition) is 4. The molecule has 2 heterocycles. The Bertz CT molecular complexity index is 482. The first-order chi connectivity index (χ1) is 7.81. The van der Waals surface area contributed by atoms with Crippen molar-refractivity contribution < 1.29 is 10.2 Å². The number of aliphatic hydroxyl groups excluding tert-OH is 2. The van der Waals surface area contributed by atoms with Crippen molar-refractivity contribution in [2.24, 2.45) is 0 Å². The molecule has 0 bridgehead atoms. The smallest absolute Gasteiger partial charge is 0.0776 e. The molecule has 0 radical (unpaired) electrons. The highest BCUT2D eigenvalue weighted by molar-refractivity contribution is 7.13. The fraction of sp³-hybridized carbons (Fsp3) is 0.167. The first-order valence-corrected chi connectivity index (χ1v) is 6.36. The van der Waals surface area contributed by atoms with Crippen molar-refractivity contribution >= 4 is 22.7 Å². The van der Waals surface area contributed by atoms with Gasteiger partial charge in [0.2, 0.25) is 0 Å². The van der Waals surface area contributed by atoms with Gasteiger partial charge in [0.25, 0.3) is 0 Å². The highest BCUT2D eigenvalue weighted by atomic mass is 32.1. The summed E-state index contributed by atoms with van der Waals surface area (Å²) in [6.45, 7) is 0.139. The number of thiophene rings is 2. The zero-order chi connectivity index (χ0) is 11.4. The number of aliphatic hydroxyl groups is 2. The van der Waals surface area contributed by atoms with Crippen LogP contribution < -0.4 is 0 Å². The van der Waals surface area contributed by atoms with Crippen LogP contribution >= 0.6 is 22.7 Å². The molecule has 2 rings (SSSR count). The van der Waals surface area contributed by atoms with Crippen LogP contribution in [0.5, 0.6) is 0 Å². The molecule has 0 atom stereocenters. The minimum Gasteiger partial charge on any atom is -0.391 e. The maximum Gasteiger partial charge on any atom is 0.0776 e. The predicted octanol–water partition coefficient (Wildman–Crippen LogP) is 2.19. The van der Waals surface area contributed by atoms with Gasteiger partial charge in [-0.25, -0.2) is 0 Å². The molecule has 0 aliphatic rings. The molecular weight excluding hydrogens is 240 g/mol. The van der Waals surface area contributed by atoms with E-state index in [0.29, 0.717) is 0 Å². The van der Waals surface area contributed by atoms with Gasteiger partial charge in [0, 0.05) is 9.75 Å². The predicted molar refractivity (Wildman–Crippen MR) is 66.5 cm³/mol. The summed E-state index contributed by atoms with van der Waals surface area (Å²) in [7, 11) is 0. The van der Waals surface area contributed by atoms with Crippen LogP contribution in [0.2, 0.25) is 0 Å². The second kappa shape index (κ2) is 5.28. The highest BCUT2D eigenvalue weighted by Gasteiger charge is 1.97. The lowest BCUT2D eigenvalue weighted by Crippen LogP contribution is -1.70. The fourth-order valence-corrected chi connectivity index (χ4v) is 2.63. The Balaban J connectivity index is 2.14. The average Bonchev–Trinajstić information content (AvgIpc) is 2.95. The molecule has 2 N–H and O–H groups in total. The summed E-state index contributed by atoms with van der Waals surface area (Å²) in [6, 6.07) is 7.57. The van der Waals surface area contributed by atoms with Crippen LogP contribution in [-0.2, 0) is 13.2 Å². The van der Waals surface area contributed by atoms with E-state index >= 15 is 0 Å². The maximum absolute atomic E-state index is 8.91. The third-order valence-corrected chi connectivity index (χ3v) is 3.91. The van der Waals surface area contributed by atoms with E-state index in [9.17, 15) is 0 Å². The summed E-state index contributed by atoms with van der Waals surface area (Å²) in [6.07, 6.45) is 0. The molecule has 4 heteroatoms. The monoisotopic (exact) mass is 250 g/mol. The van der Waals surface area contributed by atoms with Gasteiger partial charge in [-0.2, -0.15) is 0 Å². The van der Waals surface area contributed by atoms with Crippen molar-refractivity contribution in [2.75, 3.05) is 0 Å². The lowest BCUT2D eigenvalue weighted by molar-refractivity contribution is 0.285. The lowest BCUT2D eigenvalue weighted by Gasteiger charge is -1.82. The molecule has 0 aliphatic carbocycles. The Morgan fingerprint density at radius 2 is 1.25 bits per heavy atom. The summed E-state index contributed by atoms with van der Waals surface area (Å²) in [5.41, 5.74) is 0. The standard InChI is InChI=1S/C12H10O2S2/c13-7-11-5-3-9(15-11)1-2-10-4-6-12(8-14)16-10/h3-6,13-14H,7-8H2. The largest absolute Gasteiger partial charge is 0.391 e. The van der Waals surface area contributed by atoms with Gasteiger partial charge in [-0.05, 0) is 36.1 Å². The molecule has 0 spiro atoms. The minimum absolute atomic E-state index is 0.0695. The van der Waals surface area contributed by atoms with Crippen molar-refractivity contribution in [1.29, 1.82) is 0 Å². The molecule has 82 valence electrons. The average molecular weight is 250 g/mol. The third kappa shape index (κ3) is 2.71. The van der Waals surface area contributed by atoms with Crippen LogP contribution in [0.3, 0.4) is 0 Å². The van der Waals surface area contributed by atoms with Crippen molar-refractivity contribution in [1.82, 2.24) is 0 Å². The normalized spacial score (nSPS) is 9.88. The van der Waals surface area contributed by atoms with E-state index in [2.05, 4.69) is 11.8 Å². The van der Waals surface area contributed by atoms with Crippen LogP contribution in [0.4, 0.5) is 0 Å². The van der Waals surface area contributed by atoms with Crippen molar-refractivity contribution in [2.45, 2.75) is 13.2 Å². The molecule has 0 saturated carbocycles. The summed E-state index contributed by atoms with van der Waals surface area (Å²) in [5, 5.41) is 17.8. The van der Waals surface area contributed by atoms with Gasteiger partial charge in [-0.1, -0.05) is 0 Å². The lowest BCUT2D eigenvalue weighted by atomic mass is 10.4. The summed E-state index contributed by atoms with van der Waals surface area (Å²) in [5.74, 6) is 6.08. The van der Waals surface area contributed by atoms with E-state index in [1.807, 2.05) is 24.3 Å². The van der Waals surface area contributed by atoms with Crippen LogP contribution in [-0.4, -0.2) is 10.2 Å². The van der Waals surface area contributed by atoms with Gasteiger partial charge in [-0.15, -0.1) is 22.7 Å². The Morgan fingerprint density at radius 1 is 0.812 bits per heavy atom. The second-order valence-corrected chi connectivity index (χ2v) is 5.43. The molecule has 2 nitrogen and oxygen atoms in total. The molecule has 2 aromatic rings. The Hall–Kier alpha value is -1.12. The van der Waals surface area contributed by atoms with E-state index < -0.39 is 0 Å². The molecular formula is C12H10O2S2. The van der Waals surface area contributed by atoms with Crippen LogP contribution in [0.1, 0.15) is 19.5 Å². The third-order valence-electron chi connectivity index (χ3n) is 1.94. The number of hydrogen-bond donors (Lipinski definition) is 2. The SMILES string of the molecule is OCc1ccc(C#Cc2ccc(CO)s2)s1. The van der Waals surface area contributed by atoms with Crippen molar-refractivity contribution in [3.05, 3.63) is 43.8 Å². The van der Waals surface area contributed by atoms with E-state index in [1.54, 1.807) is 0 Å². The van der Waals surface area contributed by atoms with Gasteiger partial charge in [-0.3, -0.25) is 0 Å². The van der Waals surface area contributed by atoms with Crippen molar-refractivity contribution in [3.63, 3.8) is 0 Å². The van der Waals surface area contributed by atoms with Gasteiger partial charge in [0.15, 0.2) is 0 Å². The van der Waals surface area contributed by atoms with E-state index in [1.165, 1.54) is 22.7 Å². The summed E-state index contributed by atoms with van der Waals surface area (Å²) >= 11 is 2.99. The molecule has 2 aromatic heterocycles. The second-order valence-electron chi connectivity index (χ2n) is 3.10. The zero-order valence-electron chi connectivity index (χ0n) is 8.43. The zero-order valence-corrected chi connectivity index (χ0v) is 10.1. The molecule has 0 fully saturated rings. The van der Waals surface area contributed by atoms with E-state index in [4.69, 9.17) is 10.2 Å². The molecule has 0 unspecified atom stereocenters. The quantitative estimate of drug-likeness (QED) is 0.802. The summed E-state index contributed by atoms with van der Waals surface area (Å²) in [4.78, 5) is 3.74. The van der Waals surface area contributed by atoms with Crippen molar-refractivity contribution in [3.8, 4) is 11.8 Å². The van der Waals surface area contributed by atoms with Crippen LogP contribution in [0, 0.1) is 11.8 Å². The molecule has 0 aliphatic heterocycles. The Kier molecular flexibility index (Phi) is 3.75. The Morgan fingerprint density at radius 3 is 1.56 bits per heavy atom. The highest BCUT2D eigenvalue weighted by Crippen LogP contribution is 2.17. The molecule has 0 aromatic carbocycles. The molecule has 0 amide bonds. The van der Waals surface area contributed by atoms with Gasteiger partial charge in [0.05, 0.1) is 23.0 Å². The first kappa shape index (κ1) is 11.4.